The lowest BCUT2D eigenvalue weighted by Crippen LogP contribution is -2.33. The normalized spacial score (nSPS) is 12.6. The van der Waals surface area contributed by atoms with Crippen LogP contribution in [0.1, 0.15) is 25.5 Å². The molecule has 0 saturated heterocycles. The SMILES string of the molecule is CCN(CC)C(CN)c1ccc(OC)c(OC)c1. The van der Waals surface area contributed by atoms with E-state index >= 15 is 0 Å². The van der Waals surface area contributed by atoms with E-state index in [2.05, 4.69) is 24.8 Å². The number of methoxy groups -OCH3 is 2. The van der Waals surface area contributed by atoms with Crippen LogP contribution in [0.4, 0.5) is 0 Å². The first-order valence-electron chi connectivity index (χ1n) is 6.37. The van der Waals surface area contributed by atoms with Crippen molar-refractivity contribution in [3.8, 4) is 11.5 Å². The molecule has 0 saturated carbocycles. The molecular formula is C14H24N2O2. The van der Waals surface area contributed by atoms with Crippen LogP contribution in [0.2, 0.25) is 0 Å². The minimum atomic E-state index is 0.222. The van der Waals surface area contributed by atoms with Crippen LogP contribution in [0.3, 0.4) is 0 Å². The van der Waals surface area contributed by atoms with Gasteiger partial charge in [-0.15, -0.1) is 0 Å². The number of rotatable bonds is 7. The Morgan fingerprint density at radius 3 is 2.17 bits per heavy atom. The van der Waals surface area contributed by atoms with Crippen molar-refractivity contribution < 1.29 is 9.47 Å². The molecule has 0 aliphatic carbocycles. The maximum atomic E-state index is 5.91. The minimum Gasteiger partial charge on any atom is -0.493 e. The largest absolute Gasteiger partial charge is 0.493 e. The molecule has 0 spiro atoms. The molecule has 0 aromatic heterocycles. The Balaban J connectivity index is 3.06. The van der Waals surface area contributed by atoms with Gasteiger partial charge >= 0.3 is 0 Å². The molecule has 18 heavy (non-hydrogen) atoms. The van der Waals surface area contributed by atoms with Gasteiger partial charge in [-0.3, -0.25) is 4.90 Å². The van der Waals surface area contributed by atoms with Gasteiger partial charge in [0.2, 0.25) is 0 Å². The monoisotopic (exact) mass is 252 g/mol. The van der Waals surface area contributed by atoms with Crippen LogP contribution in [0.15, 0.2) is 18.2 Å². The van der Waals surface area contributed by atoms with Crippen LogP contribution >= 0.6 is 0 Å². The van der Waals surface area contributed by atoms with E-state index < -0.39 is 0 Å². The van der Waals surface area contributed by atoms with Gasteiger partial charge in [0.1, 0.15) is 0 Å². The Kier molecular flexibility index (Phi) is 5.95. The summed E-state index contributed by atoms with van der Waals surface area (Å²) in [7, 11) is 3.29. The molecular weight excluding hydrogens is 228 g/mol. The van der Waals surface area contributed by atoms with Gasteiger partial charge in [-0.2, -0.15) is 0 Å². The summed E-state index contributed by atoms with van der Waals surface area (Å²) in [4.78, 5) is 2.33. The van der Waals surface area contributed by atoms with Gasteiger partial charge < -0.3 is 15.2 Å². The summed E-state index contributed by atoms with van der Waals surface area (Å²) in [6.07, 6.45) is 0. The zero-order chi connectivity index (χ0) is 13.5. The summed E-state index contributed by atoms with van der Waals surface area (Å²) < 4.78 is 10.6. The quantitative estimate of drug-likeness (QED) is 0.807. The van der Waals surface area contributed by atoms with Crippen molar-refractivity contribution in [2.75, 3.05) is 33.9 Å². The highest BCUT2D eigenvalue weighted by atomic mass is 16.5. The highest BCUT2D eigenvalue weighted by molar-refractivity contribution is 5.43. The average Bonchev–Trinajstić information content (AvgIpc) is 2.43. The van der Waals surface area contributed by atoms with Crippen molar-refractivity contribution in [2.24, 2.45) is 5.73 Å². The van der Waals surface area contributed by atoms with E-state index in [1.165, 1.54) is 5.56 Å². The number of nitrogens with two attached hydrogens (primary N) is 1. The summed E-state index contributed by atoms with van der Waals surface area (Å²) in [6, 6.07) is 6.21. The van der Waals surface area contributed by atoms with E-state index in [1.807, 2.05) is 12.1 Å². The zero-order valence-corrected chi connectivity index (χ0v) is 11.8. The predicted octanol–water partition coefficient (Wildman–Crippen LogP) is 2.05. The third kappa shape index (κ3) is 3.15. The van der Waals surface area contributed by atoms with Gasteiger partial charge in [-0.1, -0.05) is 19.9 Å². The highest BCUT2D eigenvalue weighted by Crippen LogP contribution is 2.31. The van der Waals surface area contributed by atoms with Crippen molar-refractivity contribution in [3.05, 3.63) is 23.8 Å². The standard InChI is InChI=1S/C14H24N2O2/c1-5-16(6-2)12(10-15)11-7-8-13(17-3)14(9-11)18-4/h7-9,12H,5-6,10,15H2,1-4H3. The smallest absolute Gasteiger partial charge is 0.161 e. The molecule has 1 unspecified atom stereocenters. The minimum absolute atomic E-state index is 0.222. The van der Waals surface area contributed by atoms with E-state index in [1.54, 1.807) is 14.2 Å². The predicted molar refractivity (Wildman–Crippen MR) is 74.3 cm³/mol. The van der Waals surface area contributed by atoms with Crippen LogP contribution < -0.4 is 15.2 Å². The molecule has 4 nitrogen and oxygen atoms in total. The van der Waals surface area contributed by atoms with Crippen molar-refractivity contribution in [1.82, 2.24) is 4.90 Å². The fourth-order valence-corrected chi connectivity index (χ4v) is 2.22. The number of ether oxygens (including phenoxy) is 2. The van der Waals surface area contributed by atoms with E-state index in [9.17, 15) is 0 Å². The summed E-state index contributed by atoms with van der Waals surface area (Å²) in [6.45, 7) is 6.84. The molecule has 0 amide bonds. The molecule has 0 aliphatic heterocycles. The highest BCUT2D eigenvalue weighted by Gasteiger charge is 2.17. The molecule has 1 aromatic carbocycles. The van der Waals surface area contributed by atoms with Crippen LogP contribution in [-0.2, 0) is 0 Å². The topological polar surface area (TPSA) is 47.7 Å². The van der Waals surface area contributed by atoms with Crippen LogP contribution in [-0.4, -0.2) is 38.8 Å². The Morgan fingerprint density at radius 2 is 1.72 bits per heavy atom. The van der Waals surface area contributed by atoms with Gasteiger partial charge in [0, 0.05) is 12.6 Å². The van der Waals surface area contributed by atoms with E-state index in [0.29, 0.717) is 6.54 Å². The molecule has 0 fully saturated rings. The van der Waals surface area contributed by atoms with Crippen LogP contribution in [0, 0.1) is 0 Å². The number of likely N-dealkylation sites (N-methyl/N-ethyl adjacent to an activating group) is 1. The molecule has 102 valence electrons. The molecule has 1 atom stereocenters. The van der Waals surface area contributed by atoms with Gasteiger partial charge in [-0.05, 0) is 30.8 Å². The first kappa shape index (κ1) is 14.8. The number of benzene rings is 1. The van der Waals surface area contributed by atoms with E-state index in [-0.39, 0.29) is 6.04 Å². The molecule has 0 aliphatic rings. The van der Waals surface area contributed by atoms with Gasteiger partial charge in [0.15, 0.2) is 11.5 Å². The lowest BCUT2D eigenvalue weighted by molar-refractivity contribution is 0.223. The first-order chi connectivity index (χ1) is 8.71. The Morgan fingerprint density at radius 1 is 1.11 bits per heavy atom. The third-order valence-corrected chi connectivity index (χ3v) is 3.27. The van der Waals surface area contributed by atoms with Crippen molar-refractivity contribution >= 4 is 0 Å². The Bertz CT molecular complexity index is 365. The second-order valence-corrected chi connectivity index (χ2v) is 4.09. The molecule has 0 heterocycles. The first-order valence-corrected chi connectivity index (χ1v) is 6.37. The summed E-state index contributed by atoms with van der Waals surface area (Å²) in [5.74, 6) is 1.50. The third-order valence-electron chi connectivity index (χ3n) is 3.27. The maximum absolute atomic E-state index is 5.91. The number of nitrogens with zero attached hydrogens (tertiary/aromatic N) is 1. The summed E-state index contributed by atoms with van der Waals surface area (Å²) >= 11 is 0. The zero-order valence-electron chi connectivity index (χ0n) is 11.8. The fraction of sp³-hybridized carbons (Fsp3) is 0.571. The molecule has 2 N–H and O–H groups in total. The molecule has 4 heteroatoms. The molecule has 1 rings (SSSR count). The second-order valence-electron chi connectivity index (χ2n) is 4.09. The van der Waals surface area contributed by atoms with Crippen LogP contribution in [0.25, 0.3) is 0 Å². The van der Waals surface area contributed by atoms with Crippen LogP contribution in [0.5, 0.6) is 11.5 Å². The second kappa shape index (κ2) is 7.24. The maximum Gasteiger partial charge on any atom is 0.161 e. The number of hydrogen-bond acceptors (Lipinski definition) is 4. The lowest BCUT2D eigenvalue weighted by Gasteiger charge is -2.29. The Labute approximate surface area is 110 Å². The van der Waals surface area contributed by atoms with Crippen molar-refractivity contribution in [2.45, 2.75) is 19.9 Å². The van der Waals surface area contributed by atoms with Crippen molar-refractivity contribution in [1.29, 1.82) is 0 Å². The van der Waals surface area contributed by atoms with E-state index in [4.69, 9.17) is 15.2 Å². The summed E-state index contributed by atoms with van der Waals surface area (Å²) in [5.41, 5.74) is 7.07. The average molecular weight is 252 g/mol. The summed E-state index contributed by atoms with van der Waals surface area (Å²) in [5, 5.41) is 0. The van der Waals surface area contributed by atoms with Crippen molar-refractivity contribution in [3.63, 3.8) is 0 Å². The Hall–Kier alpha value is -1.26. The molecule has 0 radical (unpaired) electrons. The number of hydrogen-bond donors (Lipinski definition) is 1. The fourth-order valence-electron chi connectivity index (χ4n) is 2.22. The molecule has 0 bridgehead atoms. The van der Waals surface area contributed by atoms with Gasteiger partial charge in [0.25, 0.3) is 0 Å². The molecule has 1 aromatic rings. The van der Waals surface area contributed by atoms with Gasteiger partial charge in [-0.25, -0.2) is 0 Å². The van der Waals surface area contributed by atoms with E-state index in [0.717, 1.165) is 24.6 Å². The lowest BCUT2D eigenvalue weighted by atomic mass is 10.0. The van der Waals surface area contributed by atoms with Gasteiger partial charge in [0.05, 0.1) is 14.2 Å².